The molecular weight excluding hydrogens is 383 g/mol. The standard InChI is InChI=1S/C17H25ClN4O.2ClH/c18-14-2-1-3-16(12-14)21-8-10-22(11-9-21)17(23)13-20-6-4-15(19)5-7-20;;/h1-3,12,15H,4-11,13,19H2;2*1H. The van der Waals surface area contributed by atoms with Gasteiger partial charge in [-0.3, -0.25) is 9.69 Å². The lowest BCUT2D eigenvalue weighted by Crippen LogP contribution is -2.52. The number of anilines is 1. The fourth-order valence-corrected chi connectivity index (χ4v) is 3.47. The van der Waals surface area contributed by atoms with Crippen LogP contribution in [0.25, 0.3) is 0 Å². The second-order valence-electron chi connectivity index (χ2n) is 6.46. The van der Waals surface area contributed by atoms with Crippen LogP contribution in [-0.2, 0) is 4.79 Å². The molecule has 0 aliphatic carbocycles. The van der Waals surface area contributed by atoms with Gasteiger partial charge >= 0.3 is 0 Å². The minimum Gasteiger partial charge on any atom is -0.368 e. The molecule has 0 atom stereocenters. The van der Waals surface area contributed by atoms with Crippen molar-refractivity contribution in [1.29, 1.82) is 0 Å². The molecule has 0 spiro atoms. The van der Waals surface area contributed by atoms with E-state index < -0.39 is 0 Å². The Morgan fingerprint density at radius 2 is 1.72 bits per heavy atom. The second-order valence-corrected chi connectivity index (χ2v) is 6.90. The smallest absolute Gasteiger partial charge is 0.236 e. The van der Waals surface area contributed by atoms with Gasteiger partial charge in [0.05, 0.1) is 6.54 Å². The Morgan fingerprint density at radius 3 is 2.32 bits per heavy atom. The van der Waals surface area contributed by atoms with Crippen molar-refractivity contribution in [3.63, 3.8) is 0 Å². The number of piperazine rings is 1. The molecule has 1 aromatic carbocycles. The van der Waals surface area contributed by atoms with Gasteiger partial charge < -0.3 is 15.5 Å². The number of hydrogen-bond donors (Lipinski definition) is 1. The summed E-state index contributed by atoms with van der Waals surface area (Å²) >= 11 is 6.06. The van der Waals surface area contributed by atoms with E-state index >= 15 is 0 Å². The molecule has 0 saturated carbocycles. The molecule has 142 valence electrons. The topological polar surface area (TPSA) is 52.8 Å². The third-order valence-corrected chi connectivity index (χ3v) is 5.03. The Labute approximate surface area is 167 Å². The Kier molecular flexibility index (Phi) is 9.32. The SMILES string of the molecule is Cl.Cl.NC1CCN(CC(=O)N2CCN(c3cccc(Cl)c3)CC2)CC1. The number of likely N-dealkylation sites (tertiary alicyclic amines) is 1. The van der Waals surface area contributed by atoms with Gasteiger partial charge in [-0.2, -0.15) is 0 Å². The molecule has 0 bridgehead atoms. The van der Waals surface area contributed by atoms with Crippen LogP contribution in [0.5, 0.6) is 0 Å². The van der Waals surface area contributed by atoms with E-state index in [1.165, 1.54) is 0 Å². The third kappa shape index (κ3) is 6.19. The molecule has 8 heteroatoms. The van der Waals surface area contributed by atoms with E-state index in [1.54, 1.807) is 0 Å². The van der Waals surface area contributed by atoms with Crippen LogP contribution < -0.4 is 10.6 Å². The normalized spacial score (nSPS) is 19.1. The highest BCUT2D eigenvalue weighted by Gasteiger charge is 2.24. The molecule has 1 amide bonds. The first kappa shape index (κ1) is 22.3. The van der Waals surface area contributed by atoms with Gasteiger partial charge in [0.15, 0.2) is 0 Å². The number of piperidine rings is 1. The summed E-state index contributed by atoms with van der Waals surface area (Å²) in [5.41, 5.74) is 7.05. The van der Waals surface area contributed by atoms with E-state index in [-0.39, 0.29) is 30.7 Å². The van der Waals surface area contributed by atoms with Gasteiger partial charge in [0.1, 0.15) is 0 Å². The summed E-state index contributed by atoms with van der Waals surface area (Å²) in [5, 5.41) is 0.754. The zero-order valence-electron chi connectivity index (χ0n) is 14.3. The molecule has 0 unspecified atom stereocenters. The summed E-state index contributed by atoms with van der Waals surface area (Å²) in [6.07, 6.45) is 1.99. The van der Waals surface area contributed by atoms with Crippen LogP contribution >= 0.6 is 36.4 Å². The van der Waals surface area contributed by atoms with E-state index in [0.717, 1.165) is 62.8 Å². The van der Waals surface area contributed by atoms with Gasteiger partial charge in [0.2, 0.25) is 5.91 Å². The van der Waals surface area contributed by atoms with Crippen molar-refractivity contribution >= 4 is 48.0 Å². The number of amides is 1. The Morgan fingerprint density at radius 1 is 1.08 bits per heavy atom. The van der Waals surface area contributed by atoms with Crippen molar-refractivity contribution in [3.05, 3.63) is 29.3 Å². The van der Waals surface area contributed by atoms with E-state index in [2.05, 4.69) is 15.9 Å². The number of hydrogen-bond acceptors (Lipinski definition) is 4. The van der Waals surface area contributed by atoms with Gasteiger partial charge in [-0.25, -0.2) is 0 Å². The van der Waals surface area contributed by atoms with Crippen molar-refractivity contribution in [2.75, 3.05) is 50.7 Å². The maximum absolute atomic E-state index is 12.5. The molecule has 3 rings (SSSR count). The molecule has 0 aromatic heterocycles. The minimum atomic E-state index is 0. The summed E-state index contributed by atoms with van der Waals surface area (Å²) in [5.74, 6) is 0.242. The van der Waals surface area contributed by atoms with Crippen molar-refractivity contribution in [2.45, 2.75) is 18.9 Å². The summed E-state index contributed by atoms with van der Waals surface area (Å²) in [6, 6.07) is 8.21. The van der Waals surface area contributed by atoms with E-state index in [9.17, 15) is 4.79 Å². The number of rotatable bonds is 3. The first-order valence-electron chi connectivity index (χ1n) is 8.38. The number of benzene rings is 1. The number of halogens is 3. The molecule has 2 aliphatic rings. The van der Waals surface area contributed by atoms with Crippen LogP contribution in [0.2, 0.25) is 5.02 Å². The zero-order chi connectivity index (χ0) is 16.2. The van der Waals surface area contributed by atoms with Gasteiger partial charge in [-0.05, 0) is 31.0 Å². The monoisotopic (exact) mass is 408 g/mol. The Hall–Kier alpha value is -0.720. The molecule has 5 nitrogen and oxygen atoms in total. The van der Waals surface area contributed by atoms with Crippen molar-refractivity contribution in [1.82, 2.24) is 9.80 Å². The largest absolute Gasteiger partial charge is 0.368 e. The molecule has 0 radical (unpaired) electrons. The minimum absolute atomic E-state index is 0. The maximum Gasteiger partial charge on any atom is 0.236 e. The summed E-state index contributed by atoms with van der Waals surface area (Å²) in [7, 11) is 0. The van der Waals surface area contributed by atoms with E-state index in [0.29, 0.717) is 12.6 Å². The fourth-order valence-electron chi connectivity index (χ4n) is 3.29. The van der Waals surface area contributed by atoms with Crippen molar-refractivity contribution in [2.24, 2.45) is 5.73 Å². The van der Waals surface area contributed by atoms with Gasteiger partial charge in [-0.15, -0.1) is 24.8 Å². The molecule has 25 heavy (non-hydrogen) atoms. The molecule has 2 N–H and O–H groups in total. The average molecular weight is 410 g/mol. The Bertz CT molecular complexity index is 544. The lowest BCUT2D eigenvalue weighted by molar-refractivity contribution is -0.133. The van der Waals surface area contributed by atoms with Crippen LogP contribution in [0.3, 0.4) is 0 Å². The highest BCUT2D eigenvalue weighted by Crippen LogP contribution is 2.21. The first-order chi connectivity index (χ1) is 11.1. The van der Waals surface area contributed by atoms with Crippen LogP contribution in [0.15, 0.2) is 24.3 Å². The molecule has 1 aromatic rings. The quantitative estimate of drug-likeness (QED) is 0.832. The number of carbonyl (C=O) groups is 1. The summed E-state index contributed by atoms with van der Waals surface area (Å²) in [4.78, 5) is 19.0. The summed E-state index contributed by atoms with van der Waals surface area (Å²) < 4.78 is 0. The lowest BCUT2D eigenvalue weighted by Gasteiger charge is -2.37. The second kappa shape index (κ2) is 10.4. The molecule has 2 saturated heterocycles. The Balaban J connectivity index is 0.00000156. The van der Waals surface area contributed by atoms with Gasteiger partial charge in [-0.1, -0.05) is 17.7 Å². The van der Waals surface area contributed by atoms with Crippen LogP contribution in [0.4, 0.5) is 5.69 Å². The number of carbonyl (C=O) groups excluding carboxylic acids is 1. The van der Waals surface area contributed by atoms with Crippen molar-refractivity contribution in [3.8, 4) is 0 Å². The average Bonchev–Trinajstić information content (AvgIpc) is 2.57. The third-order valence-electron chi connectivity index (χ3n) is 4.80. The van der Waals surface area contributed by atoms with Crippen LogP contribution in [0.1, 0.15) is 12.8 Å². The number of nitrogens with two attached hydrogens (primary N) is 1. The molecule has 2 aliphatic heterocycles. The first-order valence-corrected chi connectivity index (χ1v) is 8.76. The molecule has 2 fully saturated rings. The predicted molar refractivity (Wildman–Crippen MR) is 108 cm³/mol. The predicted octanol–water partition coefficient (Wildman–Crippen LogP) is 2.26. The molecular formula is C17H27Cl3N4O. The van der Waals surface area contributed by atoms with E-state index in [1.807, 2.05) is 23.1 Å². The maximum atomic E-state index is 12.5. The fraction of sp³-hybridized carbons (Fsp3) is 0.588. The van der Waals surface area contributed by atoms with Crippen molar-refractivity contribution < 1.29 is 4.79 Å². The van der Waals surface area contributed by atoms with Crippen LogP contribution in [0, 0.1) is 0 Å². The summed E-state index contributed by atoms with van der Waals surface area (Å²) in [6.45, 7) is 5.68. The lowest BCUT2D eigenvalue weighted by atomic mass is 10.1. The van der Waals surface area contributed by atoms with Gasteiger partial charge in [0.25, 0.3) is 0 Å². The molecule has 2 heterocycles. The van der Waals surface area contributed by atoms with Gasteiger partial charge in [0, 0.05) is 56.0 Å². The van der Waals surface area contributed by atoms with E-state index in [4.69, 9.17) is 17.3 Å². The number of nitrogens with zero attached hydrogens (tertiary/aromatic N) is 3. The van der Waals surface area contributed by atoms with Crippen LogP contribution in [-0.4, -0.2) is 67.6 Å². The zero-order valence-corrected chi connectivity index (χ0v) is 16.7. The highest BCUT2D eigenvalue weighted by molar-refractivity contribution is 6.30. The highest BCUT2D eigenvalue weighted by atomic mass is 35.5.